The first-order valence-corrected chi connectivity index (χ1v) is 12.4. The van der Waals surface area contributed by atoms with E-state index in [-0.39, 0.29) is 24.1 Å². The number of ether oxygens (including phenoxy) is 1. The fourth-order valence-corrected chi connectivity index (χ4v) is 4.93. The normalized spacial score (nSPS) is 10.7. The molecule has 10 heteroatoms. The van der Waals surface area contributed by atoms with E-state index >= 15 is 0 Å². The van der Waals surface area contributed by atoms with E-state index in [4.69, 9.17) is 17.0 Å². The molecule has 0 bridgehead atoms. The molecule has 0 fully saturated rings. The number of carbonyl (C=O) groups excluding carboxylic acids is 1. The lowest BCUT2D eigenvalue weighted by Gasteiger charge is -2.09. The van der Waals surface area contributed by atoms with Crippen LogP contribution in [0.3, 0.4) is 0 Å². The van der Waals surface area contributed by atoms with E-state index in [0.717, 1.165) is 10.4 Å². The molecule has 2 aromatic heterocycles. The predicted octanol–water partition coefficient (Wildman–Crippen LogP) is 6.55. The van der Waals surface area contributed by atoms with Gasteiger partial charge in [0.25, 0.3) is 0 Å². The minimum atomic E-state index is -0.429. The standard InChI is InChI=1S/C24H20BrFN4O2S2/c1-2-32-23(31)17-12-20(15-8-4-3-5-9-15)34-22(17)28-24(33)27-21-18(25)14-30(29-21)13-16-10-6-7-11-19(16)26/h3-12,14H,2,13H2,1H3,(H2,27,28,29,33). The van der Waals surface area contributed by atoms with Gasteiger partial charge in [0.05, 0.1) is 23.2 Å². The van der Waals surface area contributed by atoms with E-state index in [2.05, 4.69) is 31.7 Å². The Labute approximate surface area is 213 Å². The lowest BCUT2D eigenvalue weighted by atomic mass is 10.1. The van der Waals surface area contributed by atoms with E-state index in [1.54, 1.807) is 42.1 Å². The minimum absolute atomic E-state index is 0.254. The largest absolute Gasteiger partial charge is 0.462 e. The van der Waals surface area contributed by atoms with Crippen LogP contribution in [0.15, 0.2) is 71.3 Å². The molecule has 0 radical (unpaired) electrons. The van der Waals surface area contributed by atoms with Crippen molar-refractivity contribution in [2.75, 3.05) is 17.2 Å². The molecule has 0 aliphatic rings. The summed E-state index contributed by atoms with van der Waals surface area (Å²) in [5.74, 6) is -0.257. The molecule has 4 aromatic rings. The molecule has 6 nitrogen and oxygen atoms in total. The van der Waals surface area contributed by atoms with Crippen LogP contribution >= 0.6 is 39.5 Å². The third-order valence-corrected chi connectivity index (χ3v) is 6.64. The summed E-state index contributed by atoms with van der Waals surface area (Å²) >= 11 is 10.3. The number of hydrogen-bond donors (Lipinski definition) is 2. The smallest absolute Gasteiger partial charge is 0.341 e. The molecule has 174 valence electrons. The van der Waals surface area contributed by atoms with Crippen LogP contribution in [0.5, 0.6) is 0 Å². The molecule has 0 aliphatic carbocycles. The molecule has 34 heavy (non-hydrogen) atoms. The fraction of sp³-hybridized carbons (Fsp3) is 0.125. The van der Waals surface area contributed by atoms with Crippen LogP contribution in [-0.4, -0.2) is 27.5 Å². The predicted molar refractivity (Wildman–Crippen MR) is 141 cm³/mol. The van der Waals surface area contributed by atoms with Crippen molar-refractivity contribution in [1.29, 1.82) is 0 Å². The zero-order valence-electron chi connectivity index (χ0n) is 18.0. The molecule has 0 spiro atoms. The highest BCUT2D eigenvalue weighted by molar-refractivity contribution is 9.10. The topological polar surface area (TPSA) is 68.2 Å². The number of nitrogens with zero attached hydrogens (tertiary/aromatic N) is 2. The van der Waals surface area contributed by atoms with Crippen molar-refractivity contribution >= 4 is 61.4 Å². The van der Waals surface area contributed by atoms with Crippen molar-refractivity contribution in [1.82, 2.24) is 9.78 Å². The number of anilines is 2. The lowest BCUT2D eigenvalue weighted by Crippen LogP contribution is -2.20. The Balaban J connectivity index is 1.51. The number of esters is 1. The maximum absolute atomic E-state index is 14.0. The number of halogens is 2. The maximum Gasteiger partial charge on any atom is 0.341 e. The second-order valence-electron chi connectivity index (χ2n) is 7.13. The van der Waals surface area contributed by atoms with Gasteiger partial charge in [0, 0.05) is 16.6 Å². The van der Waals surface area contributed by atoms with E-state index in [1.807, 2.05) is 30.3 Å². The Morgan fingerprint density at radius 3 is 2.65 bits per heavy atom. The van der Waals surface area contributed by atoms with E-state index in [1.165, 1.54) is 17.4 Å². The summed E-state index contributed by atoms with van der Waals surface area (Å²) in [6, 6.07) is 18.1. The Kier molecular flexibility index (Phi) is 7.71. The van der Waals surface area contributed by atoms with Gasteiger partial charge in [0.15, 0.2) is 10.9 Å². The average molecular weight is 559 g/mol. The fourth-order valence-electron chi connectivity index (χ4n) is 3.19. The first-order chi connectivity index (χ1) is 16.4. The number of hydrogen-bond acceptors (Lipinski definition) is 5. The van der Waals surface area contributed by atoms with Gasteiger partial charge >= 0.3 is 5.97 Å². The van der Waals surface area contributed by atoms with Gasteiger partial charge in [-0.25, -0.2) is 9.18 Å². The van der Waals surface area contributed by atoms with Crippen molar-refractivity contribution in [2.24, 2.45) is 0 Å². The van der Waals surface area contributed by atoms with Gasteiger partial charge in [-0.15, -0.1) is 11.3 Å². The molecular weight excluding hydrogens is 539 g/mol. The summed E-state index contributed by atoms with van der Waals surface area (Å²) in [4.78, 5) is 13.4. The SMILES string of the molecule is CCOC(=O)c1cc(-c2ccccc2)sc1NC(=S)Nc1nn(Cc2ccccc2F)cc1Br. The van der Waals surface area contributed by atoms with Gasteiger partial charge < -0.3 is 15.4 Å². The van der Waals surface area contributed by atoms with Crippen molar-refractivity contribution in [3.8, 4) is 10.4 Å². The molecule has 0 aliphatic heterocycles. The molecule has 0 unspecified atom stereocenters. The van der Waals surface area contributed by atoms with Crippen LogP contribution < -0.4 is 10.6 Å². The summed E-state index contributed by atoms with van der Waals surface area (Å²) < 4.78 is 21.5. The quantitative estimate of drug-likeness (QED) is 0.198. The van der Waals surface area contributed by atoms with Gasteiger partial charge in [0.1, 0.15) is 10.8 Å². The Hall–Kier alpha value is -3.08. The lowest BCUT2D eigenvalue weighted by molar-refractivity contribution is 0.0528. The van der Waals surface area contributed by atoms with Gasteiger partial charge in [-0.3, -0.25) is 4.68 Å². The summed E-state index contributed by atoms with van der Waals surface area (Å²) in [5.41, 5.74) is 1.91. The zero-order valence-corrected chi connectivity index (χ0v) is 21.3. The highest BCUT2D eigenvalue weighted by atomic mass is 79.9. The van der Waals surface area contributed by atoms with Crippen molar-refractivity contribution in [2.45, 2.75) is 13.5 Å². The monoisotopic (exact) mass is 558 g/mol. The van der Waals surface area contributed by atoms with Gasteiger partial charge in [-0.2, -0.15) is 5.10 Å². The molecule has 0 amide bonds. The molecule has 2 N–H and O–H groups in total. The van der Waals surface area contributed by atoms with Crippen LogP contribution in [0.25, 0.3) is 10.4 Å². The summed E-state index contributed by atoms with van der Waals surface area (Å²) in [5, 5.41) is 11.4. The first kappa shape index (κ1) is 24.1. The molecule has 0 saturated carbocycles. The van der Waals surface area contributed by atoms with Crippen LogP contribution in [0, 0.1) is 5.82 Å². The van der Waals surface area contributed by atoms with Gasteiger partial charge in [-0.05, 0) is 52.8 Å². The van der Waals surface area contributed by atoms with Crippen molar-refractivity contribution in [3.05, 3.63) is 88.3 Å². The van der Waals surface area contributed by atoms with Crippen LogP contribution in [0.4, 0.5) is 15.2 Å². The summed E-state index contributed by atoms with van der Waals surface area (Å²) in [6.07, 6.45) is 1.74. The van der Waals surface area contributed by atoms with E-state index in [9.17, 15) is 9.18 Å². The third-order valence-electron chi connectivity index (χ3n) is 4.75. The molecule has 0 saturated heterocycles. The van der Waals surface area contributed by atoms with Crippen LogP contribution in [-0.2, 0) is 11.3 Å². The summed E-state index contributed by atoms with van der Waals surface area (Å²) in [7, 11) is 0. The Morgan fingerprint density at radius 2 is 1.91 bits per heavy atom. The second-order valence-corrected chi connectivity index (χ2v) is 9.45. The second kappa shape index (κ2) is 10.9. The number of rotatable bonds is 7. The van der Waals surface area contributed by atoms with E-state index in [0.29, 0.717) is 26.4 Å². The minimum Gasteiger partial charge on any atom is -0.462 e. The highest BCUT2D eigenvalue weighted by Gasteiger charge is 2.20. The van der Waals surface area contributed by atoms with Gasteiger partial charge in [0.2, 0.25) is 0 Å². The first-order valence-electron chi connectivity index (χ1n) is 10.4. The highest BCUT2D eigenvalue weighted by Crippen LogP contribution is 2.36. The van der Waals surface area contributed by atoms with Crippen LogP contribution in [0.2, 0.25) is 0 Å². The molecular formula is C24H20BrFN4O2S2. The molecule has 2 aromatic carbocycles. The average Bonchev–Trinajstić information content (AvgIpc) is 3.39. The Morgan fingerprint density at radius 1 is 1.18 bits per heavy atom. The molecule has 2 heterocycles. The maximum atomic E-state index is 14.0. The van der Waals surface area contributed by atoms with Crippen LogP contribution in [0.1, 0.15) is 22.8 Å². The number of carbonyl (C=O) groups is 1. The third kappa shape index (κ3) is 5.69. The number of thiocarbonyl (C=S) groups is 1. The zero-order chi connectivity index (χ0) is 24.1. The number of benzene rings is 2. The van der Waals surface area contributed by atoms with E-state index < -0.39 is 5.97 Å². The summed E-state index contributed by atoms with van der Waals surface area (Å²) in [6.45, 7) is 2.30. The van der Waals surface area contributed by atoms with Gasteiger partial charge in [-0.1, -0.05) is 48.5 Å². The van der Waals surface area contributed by atoms with Crippen molar-refractivity contribution in [3.63, 3.8) is 0 Å². The number of nitrogens with one attached hydrogen (secondary N) is 2. The molecule has 4 rings (SSSR count). The number of aromatic nitrogens is 2. The van der Waals surface area contributed by atoms with Crippen molar-refractivity contribution < 1.29 is 13.9 Å². The number of thiophene rings is 1. The molecule has 0 atom stereocenters. The Bertz CT molecular complexity index is 1320.